The van der Waals surface area contributed by atoms with Crippen LogP contribution in [-0.2, 0) is 23.8 Å². The van der Waals surface area contributed by atoms with Crippen molar-refractivity contribution in [1.82, 2.24) is 39.2 Å². The Morgan fingerprint density at radius 2 is 1.50 bits per heavy atom. The van der Waals surface area contributed by atoms with Crippen molar-refractivity contribution in [3.8, 4) is 0 Å². The van der Waals surface area contributed by atoms with Gasteiger partial charge >= 0.3 is 7.82 Å². The van der Waals surface area contributed by atoms with Gasteiger partial charge in [0.15, 0.2) is 11.5 Å². The maximum Gasteiger partial charge on any atom is 0.469 e. The van der Waals surface area contributed by atoms with Gasteiger partial charge in [-0.3, -0.25) is 9.09 Å². The van der Waals surface area contributed by atoms with Gasteiger partial charge in [-0.15, -0.1) is 4.83 Å². The third-order valence-corrected chi connectivity index (χ3v) is 11.8. The molecule has 0 radical (unpaired) electrons. The van der Waals surface area contributed by atoms with Crippen molar-refractivity contribution < 1.29 is 32.0 Å². The second-order valence-electron chi connectivity index (χ2n) is 13.5. The standard InChI is InChI=1S/C25H33N8O7PS.2C6H15N/c1-31(2)18-9-4-8-17-16(18)7-5-11-21(17)42(37,38)30-32(3)12-6-10-19-20(40-41(34,35)36)13-22(39-19)33-15-29-23-24(26)27-14-28-25(23)33;2*1-4-7(5-2)6-3/h4-5,7-9,11,14-15,19-20,22,30H,6,10,12-13H2,1-3H3,(H2,26,27,28)(H2,34,35,36);2*4-6H2,1-3H3/t19-,20+,22-;;/m1../s1. The van der Waals surface area contributed by atoms with E-state index >= 15 is 0 Å². The molecule has 0 saturated carbocycles. The van der Waals surface area contributed by atoms with Crippen molar-refractivity contribution in [3.05, 3.63) is 49.1 Å². The smallest absolute Gasteiger partial charge is 0.382 e. The Morgan fingerprint density at radius 3 is 2.05 bits per heavy atom. The van der Waals surface area contributed by atoms with Crippen LogP contribution < -0.4 is 15.5 Å². The van der Waals surface area contributed by atoms with Crippen molar-refractivity contribution >= 4 is 51.3 Å². The number of nitrogens with zero attached hydrogens (tertiary/aromatic N) is 8. The lowest BCUT2D eigenvalue weighted by atomic mass is 10.1. The van der Waals surface area contributed by atoms with Gasteiger partial charge in [0, 0.05) is 50.6 Å². The molecule has 1 aliphatic heterocycles. The highest BCUT2D eigenvalue weighted by molar-refractivity contribution is 7.89. The third kappa shape index (κ3) is 13.1. The largest absolute Gasteiger partial charge is 0.469 e. The summed E-state index contributed by atoms with van der Waals surface area (Å²) in [6.45, 7) is 20.5. The Hall–Kier alpha value is -3.29. The molecule has 5 N–H and O–H groups in total. The number of hydrogen-bond acceptors (Lipinski definition) is 13. The number of imidazole rings is 1. The van der Waals surface area contributed by atoms with Gasteiger partial charge in [-0.05, 0) is 64.2 Å². The average molecular weight is 823 g/mol. The van der Waals surface area contributed by atoms with E-state index in [9.17, 15) is 22.8 Å². The summed E-state index contributed by atoms with van der Waals surface area (Å²) in [6.07, 6.45) is 1.39. The van der Waals surface area contributed by atoms with Gasteiger partial charge < -0.3 is 35.0 Å². The second kappa shape index (κ2) is 22.0. The number of aromatic nitrogens is 4. The van der Waals surface area contributed by atoms with E-state index in [2.05, 4.69) is 71.1 Å². The van der Waals surface area contributed by atoms with Crippen LogP contribution in [0.5, 0.6) is 0 Å². The summed E-state index contributed by atoms with van der Waals surface area (Å²) in [5.41, 5.74) is 7.58. The maximum absolute atomic E-state index is 13.3. The quantitative estimate of drug-likeness (QED) is 0.0842. The number of hydrazine groups is 1. The van der Waals surface area contributed by atoms with Crippen LogP contribution in [0.25, 0.3) is 21.9 Å². The van der Waals surface area contributed by atoms with E-state index in [0.29, 0.717) is 29.4 Å². The Labute approximate surface area is 332 Å². The van der Waals surface area contributed by atoms with Crippen LogP contribution in [0.2, 0.25) is 0 Å². The van der Waals surface area contributed by atoms with Gasteiger partial charge in [0.2, 0.25) is 0 Å². The van der Waals surface area contributed by atoms with Gasteiger partial charge in [0.05, 0.1) is 23.4 Å². The molecule has 314 valence electrons. The first-order valence-corrected chi connectivity index (χ1v) is 22.2. The number of phosphoric ester groups is 1. The predicted octanol–water partition coefficient (Wildman–Crippen LogP) is 4.69. The zero-order valence-electron chi connectivity index (χ0n) is 34.4. The van der Waals surface area contributed by atoms with E-state index in [-0.39, 0.29) is 23.7 Å². The fraction of sp³-hybridized carbons (Fsp3) is 0.595. The number of benzene rings is 2. The first kappa shape index (κ1) is 47.1. The minimum absolute atomic E-state index is 0.129. The zero-order chi connectivity index (χ0) is 41.6. The molecule has 2 aromatic carbocycles. The summed E-state index contributed by atoms with van der Waals surface area (Å²) in [6, 6.07) is 10.7. The number of nitrogens with two attached hydrogens (primary N) is 1. The molecule has 5 rings (SSSR count). The molecule has 3 atom stereocenters. The van der Waals surface area contributed by atoms with Crippen molar-refractivity contribution in [1.29, 1.82) is 0 Å². The van der Waals surface area contributed by atoms with E-state index in [1.807, 2.05) is 37.2 Å². The van der Waals surface area contributed by atoms with Crippen LogP contribution in [0.4, 0.5) is 11.5 Å². The second-order valence-corrected chi connectivity index (χ2v) is 16.3. The van der Waals surface area contributed by atoms with Gasteiger partial charge in [0.25, 0.3) is 10.0 Å². The van der Waals surface area contributed by atoms with Crippen molar-refractivity contribution in [3.63, 3.8) is 0 Å². The fourth-order valence-corrected chi connectivity index (χ4v) is 8.46. The summed E-state index contributed by atoms with van der Waals surface area (Å²) in [5.74, 6) is 0.198. The van der Waals surface area contributed by atoms with Crippen LogP contribution in [0.3, 0.4) is 0 Å². The van der Waals surface area contributed by atoms with Crippen LogP contribution >= 0.6 is 7.82 Å². The molecule has 0 aliphatic carbocycles. The molecule has 4 aromatic rings. The minimum Gasteiger partial charge on any atom is -0.382 e. The third-order valence-electron chi connectivity index (χ3n) is 9.72. The number of rotatable bonds is 17. The van der Waals surface area contributed by atoms with Crippen LogP contribution in [0.15, 0.2) is 53.9 Å². The number of ether oxygens (including phenoxy) is 1. The van der Waals surface area contributed by atoms with Crippen LogP contribution in [-0.4, -0.2) is 132 Å². The van der Waals surface area contributed by atoms with Crippen molar-refractivity contribution in [2.45, 2.75) is 84.1 Å². The number of nitrogens with one attached hydrogen (secondary N) is 1. The highest BCUT2D eigenvalue weighted by Gasteiger charge is 2.41. The minimum atomic E-state index is -4.81. The summed E-state index contributed by atoms with van der Waals surface area (Å²) in [4.78, 5) is 40.8. The average Bonchev–Trinajstić information content (AvgIpc) is 3.76. The molecule has 1 saturated heterocycles. The lowest BCUT2D eigenvalue weighted by Crippen LogP contribution is -2.40. The monoisotopic (exact) mass is 822 g/mol. The number of hydrogen-bond donors (Lipinski definition) is 4. The number of nitrogen functional groups attached to an aromatic ring is 1. The SMILES string of the molecule is CCN(CC)CC.CCN(CC)CC.CN(CCC[C@H]1O[C@@H](n2cnc3c(N)ncnc32)C[C@@H]1OP(=O)(O)O)NS(=O)(=O)c1cccc2c(N(C)C)cccc12. The lowest BCUT2D eigenvalue weighted by molar-refractivity contribution is -0.0224. The molecule has 1 fully saturated rings. The van der Waals surface area contributed by atoms with Gasteiger partial charge in [-0.2, -0.15) is 0 Å². The van der Waals surface area contributed by atoms with Gasteiger partial charge in [0.1, 0.15) is 18.1 Å². The Bertz CT molecular complexity index is 1930. The van der Waals surface area contributed by atoms with Crippen molar-refractivity contribution in [2.75, 3.05) is 77.6 Å². The molecule has 17 nitrogen and oxygen atoms in total. The van der Waals surface area contributed by atoms with Crippen LogP contribution in [0.1, 0.15) is 67.0 Å². The highest BCUT2D eigenvalue weighted by Crippen LogP contribution is 2.45. The number of sulfonamides is 1. The summed E-state index contributed by atoms with van der Waals surface area (Å²) in [5, 5.41) is 2.88. The Kier molecular flexibility index (Phi) is 18.5. The van der Waals surface area contributed by atoms with E-state index in [0.717, 1.165) is 11.1 Å². The predicted molar refractivity (Wildman–Crippen MR) is 223 cm³/mol. The van der Waals surface area contributed by atoms with Crippen molar-refractivity contribution in [2.24, 2.45) is 0 Å². The Balaban J connectivity index is 0.000000512. The molecule has 2 aromatic heterocycles. The van der Waals surface area contributed by atoms with Crippen LogP contribution in [0, 0.1) is 0 Å². The highest BCUT2D eigenvalue weighted by atomic mass is 32.2. The maximum atomic E-state index is 13.3. The molecule has 1 aliphatic rings. The summed E-state index contributed by atoms with van der Waals surface area (Å²) < 4.78 is 51.2. The zero-order valence-corrected chi connectivity index (χ0v) is 36.1. The van der Waals surface area contributed by atoms with E-state index in [1.165, 1.54) is 56.9 Å². The first-order valence-electron chi connectivity index (χ1n) is 19.2. The number of anilines is 2. The molecular weight excluding hydrogens is 760 g/mol. The molecule has 0 spiro atoms. The summed E-state index contributed by atoms with van der Waals surface area (Å²) >= 11 is 0. The topological polar surface area (TPSA) is 205 Å². The van der Waals surface area contributed by atoms with Gasteiger partial charge in [-0.25, -0.2) is 32.9 Å². The number of phosphoric acid groups is 1. The molecule has 0 unspecified atom stereocenters. The lowest BCUT2D eigenvalue weighted by Gasteiger charge is -2.22. The first-order chi connectivity index (χ1) is 26.5. The Morgan fingerprint density at radius 1 is 0.911 bits per heavy atom. The molecule has 0 bridgehead atoms. The fourth-order valence-electron chi connectivity index (χ4n) is 6.56. The van der Waals surface area contributed by atoms with Gasteiger partial charge in [-0.1, -0.05) is 65.8 Å². The van der Waals surface area contributed by atoms with E-state index < -0.39 is 36.3 Å². The molecule has 0 amide bonds. The number of fused-ring (bicyclic) bond motifs is 2. The normalized spacial score (nSPS) is 17.4. The molecule has 3 heterocycles. The molecular formula is C37H63N10O7PS. The van der Waals surface area contributed by atoms with E-state index in [4.69, 9.17) is 15.0 Å². The molecule has 19 heteroatoms. The molecule has 56 heavy (non-hydrogen) atoms. The van der Waals surface area contributed by atoms with E-state index in [1.54, 1.807) is 29.8 Å². The summed E-state index contributed by atoms with van der Waals surface area (Å²) in [7, 11) is -3.31.